The van der Waals surface area contributed by atoms with Crippen LogP contribution in [-0.4, -0.2) is 48.7 Å². The maximum Gasteiger partial charge on any atom is 0.229 e. The third-order valence-electron chi connectivity index (χ3n) is 6.15. The molecule has 7 nitrogen and oxygen atoms in total. The van der Waals surface area contributed by atoms with E-state index in [0.717, 1.165) is 30.8 Å². The first kappa shape index (κ1) is 23.6. The van der Waals surface area contributed by atoms with E-state index in [2.05, 4.69) is 15.2 Å². The number of benzene rings is 1. The van der Waals surface area contributed by atoms with Crippen LogP contribution in [0, 0.1) is 5.82 Å². The molecule has 0 radical (unpaired) electrons. The highest BCUT2D eigenvalue weighted by Crippen LogP contribution is 2.33. The molecule has 2 aromatic heterocycles. The molecule has 3 heterocycles. The SMILES string of the molecule is COC[C@@H]1CCCN1c1ccc(C(C(N)=O)c2cccnc2)c(NCCc2cccc(F)c2)n1. The summed E-state index contributed by atoms with van der Waals surface area (Å²) in [6.45, 7) is 2.04. The Morgan fingerprint density at radius 3 is 2.91 bits per heavy atom. The molecule has 0 spiro atoms. The molecular formula is C26H30FN5O2. The van der Waals surface area contributed by atoms with Gasteiger partial charge in [-0.3, -0.25) is 9.78 Å². The minimum Gasteiger partial charge on any atom is -0.383 e. The number of ether oxygens (including phenoxy) is 1. The third kappa shape index (κ3) is 5.51. The fraction of sp³-hybridized carbons (Fsp3) is 0.346. The number of hydrogen-bond donors (Lipinski definition) is 2. The highest BCUT2D eigenvalue weighted by Gasteiger charge is 2.28. The van der Waals surface area contributed by atoms with E-state index in [1.807, 2.05) is 24.3 Å². The van der Waals surface area contributed by atoms with Crippen LogP contribution in [0.1, 0.15) is 35.4 Å². The number of nitrogens with zero attached hydrogens (tertiary/aromatic N) is 3. The smallest absolute Gasteiger partial charge is 0.229 e. The van der Waals surface area contributed by atoms with Gasteiger partial charge in [-0.15, -0.1) is 0 Å². The van der Waals surface area contributed by atoms with Crippen molar-refractivity contribution in [1.29, 1.82) is 0 Å². The number of methoxy groups -OCH3 is 1. The van der Waals surface area contributed by atoms with E-state index in [9.17, 15) is 9.18 Å². The molecule has 0 aliphatic carbocycles. The summed E-state index contributed by atoms with van der Waals surface area (Å²) < 4.78 is 19.0. The molecule has 3 N–H and O–H groups in total. The van der Waals surface area contributed by atoms with Crippen LogP contribution in [0.3, 0.4) is 0 Å². The second-order valence-corrected chi connectivity index (χ2v) is 8.48. The lowest BCUT2D eigenvalue weighted by atomic mass is 9.92. The zero-order valence-corrected chi connectivity index (χ0v) is 19.3. The van der Waals surface area contributed by atoms with Gasteiger partial charge in [0.05, 0.1) is 18.6 Å². The molecule has 2 atom stereocenters. The molecule has 8 heteroatoms. The number of carbonyl (C=O) groups is 1. The van der Waals surface area contributed by atoms with Crippen LogP contribution >= 0.6 is 0 Å². The van der Waals surface area contributed by atoms with E-state index < -0.39 is 11.8 Å². The lowest BCUT2D eigenvalue weighted by Gasteiger charge is -2.27. The Morgan fingerprint density at radius 2 is 2.18 bits per heavy atom. The van der Waals surface area contributed by atoms with Crippen LogP contribution in [0.25, 0.3) is 0 Å². The van der Waals surface area contributed by atoms with Gasteiger partial charge in [0.25, 0.3) is 0 Å². The Hall–Kier alpha value is -3.52. The van der Waals surface area contributed by atoms with Crippen LogP contribution in [0.15, 0.2) is 60.9 Å². The van der Waals surface area contributed by atoms with Crippen molar-refractivity contribution in [3.05, 3.63) is 83.4 Å². The lowest BCUT2D eigenvalue weighted by molar-refractivity contribution is -0.118. The third-order valence-corrected chi connectivity index (χ3v) is 6.15. The quantitative estimate of drug-likeness (QED) is 0.478. The summed E-state index contributed by atoms with van der Waals surface area (Å²) in [6.07, 6.45) is 6.02. The zero-order chi connectivity index (χ0) is 23.9. The number of aromatic nitrogens is 2. The van der Waals surface area contributed by atoms with Crippen molar-refractivity contribution >= 4 is 17.5 Å². The fourth-order valence-electron chi connectivity index (χ4n) is 4.56. The lowest BCUT2D eigenvalue weighted by Crippen LogP contribution is -2.33. The number of primary amides is 1. The molecule has 1 amide bonds. The number of anilines is 2. The topological polar surface area (TPSA) is 93.4 Å². The van der Waals surface area contributed by atoms with Gasteiger partial charge in [0.15, 0.2) is 0 Å². The van der Waals surface area contributed by atoms with E-state index in [1.165, 1.54) is 12.1 Å². The maximum atomic E-state index is 13.6. The second-order valence-electron chi connectivity index (χ2n) is 8.48. The summed E-state index contributed by atoms with van der Waals surface area (Å²) in [7, 11) is 1.71. The Labute approximate surface area is 199 Å². The van der Waals surface area contributed by atoms with Crippen molar-refractivity contribution < 1.29 is 13.9 Å². The first-order chi connectivity index (χ1) is 16.6. The molecule has 0 bridgehead atoms. The van der Waals surface area contributed by atoms with Crippen LogP contribution < -0.4 is 16.0 Å². The number of nitrogens with two attached hydrogens (primary N) is 1. The summed E-state index contributed by atoms with van der Waals surface area (Å²) >= 11 is 0. The first-order valence-corrected chi connectivity index (χ1v) is 11.5. The van der Waals surface area contributed by atoms with Gasteiger partial charge in [0, 0.05) is 38.2 Å². The summed E-state index contributed by atoms with van der Waals surface area (Å²) in [5.41, 5.74) is 8.11. The zero-order valence-electron chi connectivity index (χ0n) is 19.3. The Morgan fingerprint density at radius 1 is 1.29 bits per heavy atom. The molecule has 1 aliphatic rings. The van der Waals surface area contributed by atoms with Gasteiger partial charge >= 0.3 is 0 Å². The van der Waals surface area contributed by atoms with Crippen molar-refractivity contribution in [2.24, 2.45) is 5.73 Å². The highest BCUT2D eigenvalue weighted by molar-refractivity contribution is 5.87. The van der Waals surface area contributed by atoms with Gasteiger partial charge in [-0.25, -0.2) is 9.37 Å². The Balaban J connectivity index is 1.65. The molecule has 1 aliphatic heterocycles. The predicted molar refractivity (Wildman–Crippen MR) is 130 cm³/mol. The van der Waals surface area contributed by atoms with Crippen molar-refractivity contribution in [1.82, 2.24) is 9.97 Å². The number of amides is 1. The minimum atomic E-state index is -0.694. The largest absolute Gasteiger partial charge is 0.383 e. The van der Waals surface area contributed by atoms with E-state index in [1.54, 1.807) is 31.6 Å². The molecule has 178 valence electrons. The van der Waals surface area contributed by atoms with E-state index >= 15 is 0 Å². The number of nitrogens with one attached hydrogen (secondary N) is 1. The highest BCUT2D eigenvalue weighted by atomic mass is 19.1. The van der Waals surface area contributed by atoms with Crippen molar-refractivity contribution in [2.45, 2.75) is 31.2 Å². The van der Waals surface area contributed by atoms with Gasteiger partial charge in [0.1, 0.15) is 17.5 Å². The van der Waals surface area contributed by atoms with E-state index in [4.69, 9.17) is 15.5 Å². The van der Waals surface area contributed by atoms with E-state index in [0.29, 0.717) is 36.5 Å². The monoisotopic (exact) mass is 463 g/mol. The van der Waals surface area contributed by atoms with Crippen LogP contribution in [0.4, 0.5) is 16.0 Å². The van der Waals surface area contributed by atoms with Crippen molar-refractivity contribution in [2.75, 3.05) is 37.0 Å². The van der Waals surface area contributed by atoms with Crippen LogP contribution in [0.5, 0.6) is 0 Å². The predicted octanol–water partition coefficient (Wildman–Crippen LogP) is 3.50. The van der Waals surface area contributed by atoms with Gasteiger partial charge in [-0.05, 0) is 54.7 Å². The van der Waals surface area contributed by atoms with Gasteiger partial charge in [0.2, 0.25) is 5.91 Å². The van der Waals surface area contributed by atoms with Crippen LogP contribution in [0.2, 0.25) is 0 Å². The molecule has 3 aromatic rings. The van der Waals surface area contributed by atoms with Gasteiger partial charge in [-0.1, -0.05) is 24.3 Å². The molecule has 1 fully saturated rings. The van der Waals surface area contributed by atoms with Crippen LogP contribution in [-0.2, 0) is 16.0 Å². The number of halogens is 1. The molecular weight excluding hydrogens is 433 g/mol. The second kappa shape index (κ2) is 11.1. The van der Waals surface area contributed by atoms with E-state index in [-0.39, 0.29) is 11.9 Å². The Bertz CT molecular complexity index is 1110. The first-order valence-electron chi connectivity index (χ1n) is 11.5. The molecule has 1 saturated heterocycles. The Kier molecular flexibility index (Phi) is 7.69. The van der Waals surface area contributed by atoms with Crippen molar-refractivity contribution in [3.8, 4) is 0 Å². The summed E-state index contributed by atoms with van der Waals surface area (Å²) in [4.78, 5) is 23.9. The molecule has 1 aromatic carbocycles. The maximum absolute atomic E-state index is 13.6. The average Bonchev–Trinajstić information content (AvgIpc) is 3.29. The number of hydrogen-bond acceptors (Lipinski definition) is 6. The van der Waals surface area contributed by atoms with Gasteiger partial charge in [-0.2, -0.15) is 0 Å². The normalized spacial score (nSPS) is 16.4. The average molecular weight is 464 g/mol. The van der Waals surface area contributed by atoms with Gasteiger partial charge < -0.3 is 20.7 Å². The summed E-state index contributed by atoms with van der Waals surface area (Å²) in [6, 6.07) is 14.3. The molecule has 4 rings (SSSR count). The number of pyridine rings is 2. The minimum absolute atomic E-state index is 0.258. The standard InChI is InChI=1S/C26H30FN5O2/c1-34-17-21-8-4-14-32(21)23-10-9-22(24(25(28)33)19-6-3-12-29-16-19)26(31-23)30-13-11-18-5-2-7-20(27)15-18/h2-3,5-7,9-10,12,15-16,21,24H,4,8,11,13-14,17H2,1H3,(H2,28,33)(H,30,31)/t21-,24?/m0/s1. The number of carbonyl (C=O) groups excluding carboxylic acids is 1. The fourth-order valence-corrected chi connectivity index (χ4v) is 4.56. The number of rotatable bonds is 10. The van der Waals surface area contributed by atoms with Crippen molar-refractivity contribution in [3.63, 3.8) is 0 Å². The molecule has 34 heavy (non-hydrogen) atoms. The molecule has 1 unspecified atom stereocenters. The summed E-state index contributed by atoms with van der Waals surface area (Å²) in [5, 5.41) is 3.38. The molecule has 0 saturated carbocycles. The summed E-state index contributed by atoms with van der Waals surface area (Å²) in [5.74, 6) is -0.0214.